The van der Waals surface area contributed by atoms with Gasteiger partial charge < -0.3 is 14.9 Å². The van der Waals surface area contributed by atoms with Crippen molar-refractivity contribution in [2.45, 2.75) is 32.6 Å². The highest BCUT2D eigenvalue weighted by molar-refractivity contribution is 5.82. The number of aromatic nitrogens is 2. The molecule has 7 heteroatoms. The van der Waals surface area contributed by atoms with Crippen molar-refractivity contribution in [1.82, 2.24) is 14.9 Å². The first-order valence-electron chi connectivity index (χ1n) is 8.02. The Kier molecular flexibility index (Phi) is 4.19. The smallest absolute Gasteiger partial charge is 0.323 e. The van der Waals surface area contributed by atoms with Gasteiger partial charge in [-0.3, -0.25) is 9.59 Å². The molecule has 1 amide bonds. The second-order valence-corrected chi connectivity index (χ2v) is 6.59. The lowest BCUT2D eigenvalue weighted by atomic mass is 9.72. The lowest BCUT2D eigenvalue weighted by Crippen LogP contribution is -2.52. The Balaban J connectivity index is 1.65. The maximum atomic E-state index is 11.9. The number of carboxylic acids is 1. The molecule has 0 aliphatic carbocycles. The van der Waals surface area contributed by atoms with Crippen molar-refractivity contribution in [3.05, 3.63) is 18.1 Å². The number of carboxylic acid groups (broad SMARTS) is 1. The van der Waals surface area contributed by atoms with Gasteiger partial charge in [-0.1, -0.05) is 0 Å². The predicted molar refractivity (Wildman–Crippen MR) is 84.1 cm³/mol. The zero-order chi connectivity index (χ0) is 16.4. The van der Waals surface area contributed by atoms with Gasteiger partial charge >= 0.3 is 5.97 Å². The van der Waals surface area contributed by atoms with E-state index in [-0.39, 0.29) is 17.9 Å². The quantitative estimate of drug-likeness (QED) is 0.897. The average molecular weight is 318 g/mol. The molecular formula is C16H22N4O3. The van der Waals surface area contributed by atoms with E-state index in [4.69, 9.17) is 5.11 Å². The monoisotopic (exact) mass is 318 g/mol. The number of hydrogen-bond donors (Lipinski definition) is 1. The van der Waals surface area contributed by atoms with Gasteiger partial charge in [0.05, 0.1) is 0 Å². The molecule has 0 unspecified atom stereocenters. The Labute approximate surface area is 135 Å². The Hall–Kier alpha value is -2.18. The first-order valence-corrected chi connectivity index (χ1v) is 8.02. The molecule has 1 N–H and O–H groups in total. The third kappa shape index (κ3) is 3.43. The summed E-state index contributed by atoms with van der Waals surface area (Å²) in [4.78, 5) is 35.2. The lowest BCUT2D eigenvalue weighted by molar-refractivity contribution is -0.148. The molecule has 2 aliphatic heterocycles. The van der Waals surface area contributed by atoms with Gasteiger partial charge in [-0.2, -0.15) is 0 Å². The van der Waals surface area contributed by atoms with Gasteiger partial charge in [0.25, 0.3) is 0 Å². The summed E-state index contributed by atoms with van der Waals surface area (Å²) in [6, 6.07) is 1.92. The number of carbonyl (C=O) groups is 2. The van der Waals surface area contributed by atoms with Crippen molar-refractivity contribution < 1.29 is 14.7 Å². The van der Waals surface area contributed by atoms with E-state index in [1.807, 2.05) is 13.0 Å². The molecule has 1 aromatic heterocycles. The second-order valence-electron chi connectivity index (χ2n) is 6.59. The normalized spacial score (nSPS) is 20.8. The fraction of sp³-hybridized carbons (Fsp3) is 0.625. The van der Waals surface area contributed by atoms with Gasteiger partial charge in [0.2, 0.25) is 5.91 Å². The van der Waals surface area contributed by atoms with E-state index < -0.39 is 5.97 Å². The minimum Gasteiger partial charge on any atom is -0.480 e. The second kappa shape index (κ2) is 6.14. The molecule has 7 nitrogen and oxygen atoms in total. The first-order chi connectivity index (χ1) is 11.0. The number of hydrogen-bond acceptors (Lipinski definition) is 5. The summed E-state index contributed by atoms with van der Waals surface area (Å²) < 4.78 is 0. The topological polar surface area (TPSA) is 86.6 Å². The molecule has 0 radical (unpaired) electrons. The van der Waals surface area contributed by atoms with Crippen LogP contribution in [-0.2, 0) is 9.59 Å². The number of amides is 1. The molecule has 0 saturated carbocycles. The SMILES string of the molecule is Cc1nccc(N2CCC3(CCC(=O)N(CC(=O)O)C3)CC2)n1. The van der Waals surface area contributed by atoms with E-state index in [1.54, 1.807) is 6.20 Å². The summed E-state index contributed by atoms with van der Waals surface area (Å²) >= 11 is 0. The van der Waals surface area contributed by atoms with Crippen LogP contribution in [0.4, 0.5) is 5.82 Å². The van der Waals surface area contributed by atoms with Crippen LogP contribution < -0.4 is 4.90 Å². The fourth-order valence-electron chi connectivity index (χ4n) is 3.65. The van der Waals surface area contributed by atoms with Crippen LogP contribution >= 0.6 is 0 Å². The standard InChI is InChI=1S/C16H22N4O3/c1-12-17-7-3-13(18-12)19-8-5-16(6-9-19)4-2-14(21)20(11-16)10-15(22)23/h3,7H,2,4-6,8-11H2,1H3,(H,22,23). The van der Waals surface area contributed by atoms with Crippen LogP contribution in [0.15, 0.2) is 12.3 Å². The number of likely N-dealkylation sites (tertiary alicyclic amines) is 1. The van der Waals surface area contributed by atoms with Crippen molar-refractivity contribution >= 4 is 17.7 Å². The molecule has 0 atom stereocenters. The Morgan fingerprint density at radius 3 is 2.74 bits per heavy atom. The molecule has 3 rings (SSSR count). The Morgan fingerprint density at radius 2 is 2.09 bits per heavy atom. The maximum absolute atomic E-state index is 11.9. The summed E-state index contributed by atoms with van der Waals surface area (Å²) in [6.07, 6.45) is 5.01. The summed E-state index contributed by atoms with van der Waals surface area (Å²) in [5, 5.41) is 8.97. The molecule has 2 saturated heterocycles. The molecule has 1 aromatic rings. The number of aryl methyl sites for hydroxylation is 1. The van der Waals surface area contributed by atoms with Crippen LogP contribution in [-0.4, -0.2) is 58.0 Å². The van der Waals surface area contributed by atoms with E-state index >= 15 is 0 Å². The van der Waals surface area contributed by atoms with Gasteiger partial charge in [-0.25, -0.2) is 9.97 Å². The van der Waals surface area contributed by atoms with Crippen molar-refractivity contribution in [2.75, 3.05) is 31.1 Å². The summed E-state index contributed by atoms with van der Waals surface area (Å²) in [5.74, 6) is 0.733. The summed E-state index contributed by atoms with van der Waals surface area (Å²) in [7, 11) is 0. The largest absolute Gasteiger partial charge is 0.480 e. The van der Waals surface area contributed by atoms with Crippen molar-refractivity contribution in [3.8, 4) is 0 Å². The maximum Gasteiger partial charge on any atom is 0.323 e. The van der Waals surface area contributed by atoms with E-state index in [1.165, 1.54) is 4.90 Å². The molecule has 124 valence electrons. The molecule has 2 fully saturated rings. The van der Waals surface area contributed by atoms with Gasteiger partial charge in [0.15, 0.2) is 0 Å². The molecule has 2 aliphatic rings. The molecule has 1 spiro atoms. The third-order valence-corrected chi connectivity index (χ3v) is 4.98. The number of anilines is 1. The minimum atomic E-state index is -0.940. The lowest BCUT2D eigenvalue weighted by Gasteiger charge is -2.47. The molecule has 23 heavy (non-hydrogen) atoms. The highest BCUT2D eigenvalue weighted by atomic mass is 16.4. The average Bonchev–Trinajstić information content (AvgIpc) is 2.51. The first kappa shape index (κ1) is 15.7. The molecular weight excluding hydrogens is 296 g/mol. The van der Waals surface area contributed by atoms with Crippen molar-refractivity contribution in [2.24, 2.45) is 5.41 Å². The zero-order valence-electron chi connectivity index (χ0n) is 13.4. The van der Waals surface area contributed by atoms with Crippen molar-refractivity contribution in [1.29, 1.82) is 0 Å². The number of piperidine rings is 2. The van der Waals surface area contributed by atoms with Crippen LogP contribution in [0.5, 0.6) is 0 Å². The number of nitrogens with zero attached hydrogens (tertiary/aromatic N) is 4. The van der Waals surface area contributed by atoms with Crippen molar-refractivity contribution in [3.63, 3.8) is 0 Å². The van der Waals surface area contributed by atoms with E-state index in [0.29, 0.717) is 13.0 Å². The van der Waals surface area contributed by atoms with Gasteiger partial charge in [-0.15, -0.1) is 0 Å². The number of carbonyl (C=O) groups excluding carboxylic acids is 1. The number of aliphatic carboxylic acids is 1. The highest BCUT2D eigenvalue weighted by Crippen LogP contribution is 2.40. The molecule has 0 bridgehead atoms. The third-order valence-electron chi connectivity index (χ3n) is 4.98. The predicted octanol–water partition coefficient (Wildman–Crippen LogP) is 1.08. The molecule has 3 heterocycles. The highest BCUT2D eigenvalue weighted by Gasteiger charge is 2.41. The zero-order valence-corrected chi connectivity index (χ0v) is 13.4. The summed E-state index contributed by atoms with van der Waals surface area (Å²) in [6.45, 7) is 4.02. The van der Waals surface area contributed by atoms with Crippen LogP contribution in [0.2, 0.25) is 0 Å². The molecule has 0 aromatic carbocycles. The van der Waals surface area contributed by atoms with Gasteiger partial charge in [-0.05, 0) is 37.7 Å². The van der Waals surface area contributed by atoms with Crippen LogP contribution in [0, 0.1) is 12.3 Å². The fourth-order valence-corrected chi connectivity index (χ4v) is 3.65. The van der Waals surface area contributed by atoms with Gasteiger partial charge in [0, 0.05) is 32.3 Å². The van der Waals surface area contributed by atoms with E-state index in [9.17, 15) is 9.59 Å². The van der Waals surface area contributed by atoms with Crippen LogP contribution in [0.25, 0.3) is 0 Å². The minimum absolute atomic E-state index is 0.0353. The van der Waals surface area contributed by atoms with E-state index in [2.05, 4.69) is 14.9 Å². The Morgan fingerprint density at radius 1 is 1.35 bits per heavy atom. The Bertz CT molecular complexity index is 611. The van der Waals surface area contributed by atoms with Crippen LogP contribution in [0.1, 0.15) is 31.5 Å². The number of rotatable bonds is 3. The van der Waals surface area contributed by atoms with E-state index in [0.717, 1.165) is 44.0 Å². The summed E-state index contributed by atoms with van der Waals surface area (Å²) in [5.41, 5.74) is 0.0575. The van der Waals surface area contributed by atoms with Gasteiger partial charge in [0.1, 0.15) is 18.2 Å². The van der Waals surface area contributed by atoms with Crippen LogP contribution in [0.3, 0.4) is 0 Å².